The van der Waals surface area contributed by atoms with Crippen LogP contribution in [0.4, 0.5) is 0 Å². The first-order chi connectivity index (χ1) is 16.7. The van der Waals surface area contributed by atoms with Crippen LogP contribution in [0.3, 0.4) is 0 Å². The van der Waals surface area contributed by atoms with Crippen LogP contribution in [0.15, 0.2) is 77.3 Å². The third kappa shape index (κ3) is 3.10. The molecule has 33 heavy (non-hydrogen) atoms. The van der Waals surface area contributed by atoms with E-state index in [-0.39, 0.29) is 0 Å². The fraction of sp³-hybridized carbons (Fsp3) is 0.233. The van der Waals surface area contributed by atoms with Crippen molar-refractivity contribution < 1.29 is 11.7 Å². The summed E-state index contributed by atoms with van der Waals surface area (Å²) < 4.78 is 26.4. The zero-order valence-electron chi connectivity index (χ0n) is 21.7. The van der Waals surface area contributed by atoms with Crippen LogP contribution in [0.5, 0.6) is 0 Å². The molecule has 1 aliphatic heterocycles. The van der Waals surface area contributed by atoms with Gasteiger partial charge >= 0.3 is 0 Å². The molecule has 0 N–H and O–H groups in total. The Hall–Kier alpha value is -3.17. The van der Waals surface area contributed by atoms with Gasteiger partial charge in [-0.2, -0.15) is 0 Å². The minimum absolute atomic E-state index is 0.605. The Labute approximate surface area is 199 Å². The molecule has 3 aromatic carbocycles. The predicted molar refractivity (Wildman–Crippen MR) is 141 cm³/mol. The van der Waals surface area contributed by atoms with Gasteiger partial charge in [0, 0.05) is 31.2 Å². The molecule has 0 saturated carbocycles. The zero-order valence-corrected chi connectivity index (χ0v) is 20.7. The lowest BCUT2D eigenvalue weighted by atomic mass is 9.97. The van der Waals surface area contributed by atoms with Crippen LogP contribution in [-0.4, -0.2) is 8.07 Å². The molecule has 3 heterocycles. The molecule has 0 radical (unpaired) electrons. The number of aryl methyl sites for hydroxylation is 3. The van der Waals surface area contributed by atoms with Gasteiger partial charge in [0.05, 0.1) is 13.6 Å². The molecule has 5 aromatic rings. The van der Waals surface area contributed by atoms with Crippen LogP contribution in [0.2, 0.25) is 19.1 Å². The smallest absolute Gasteiger partial charge is 0.216 e. The average Bonchev–Trinajstić information content (AvgIpc) is 3.21. The van der Waals surface area contributed by atoms with Crippen LogP contribution in [0.1, 0.15) is 20.3 Å². The minimum atomic E-state index is -1.82. The summed E-state index contributed by atoms with van der Waals surface area (Å²) in [6.07, 6.45) is 1.38. The molecule has 0 saturated heterocycles. The van der Waals surface area contributed by atoms with E-state index >= 15 is 0 Å². The summed E-state index contributed by atoms with van der Waals surface area (Å²) in [6.45, 7) is 6.89. The second-order valence-corrected chi connectivity index (χ2v) is 14.7. The summed E-state index contributed by atoms with van der Waals surface area (Å²) in [4.78, 5) is 0. The van der Waals surface area contributed by atoms with Crippen molar-refractivity contribution >= 4 is 35.2 Å². The standard InChI is InChI=1S/C30H30NOSi/c1-20-16-17-24-22-12-8-13-23(25-14-7-10-21-11-9-19-33(3,4)30(21)25)28(22)32-29(24)27(20)26-15-5-6-18-31(26)2/h5-8,10,12-18H,9,11,19H2,1-4H3/q+1/i11D2. The third-order valence-electron chi connectivity index (χ3n) is 7.28. The number of hydrogen-bond acceptors (Lipinski definition) is 1. The molecule has 2 nitrogen and oxygen atoms in total. The lowest BCUT2D eigenvalue weighted by molar-refractivity contribution is -0.660. The van der Waals surface area contributed by atoms with Crippen molar-refractivity contribution in [2.45, 2.75) is 38.9 Å². The molecule has 2 aromatic heterocycles. The minimum Gasteiger partial charge on any atom is -0.454 e. The lowest BCUT2D eigenvalue weighted by Gasteiger charge is -2.33. The van der Waals surface area contributed by atoms with Crippen LogP contribution in [-0.2, 0) is 13.4 Å². The van der Waals surface area contributed by atoms with Crippen LogP contribution in [0, 0.1) is 6.92 Å². The topological polar surface area (TPSA) is 17.0 Å². The van der Waals surface area contributed by atoms with Gasteiger partial charge in [0.15, 0.2) is 6.20 Å². The maximum absolute atomic E-state index is 8.72. The molecule has 164 valence electrons. The van der Waals surface area contributed by atoms with Crippen molar-refractivity contribution in [2.24, 2.45) is 7.05 Å². The highest BCUT2D eigenvalue weighted by atomic mass is 28.3. The second-order valence-electron chi connectivity index (χ2n) is 9.90. The van der Waals surface area contributed by atoms with E-state index in [1.165, 1.54) is 10.8 Å². The third-order valence-corrected chi connectivity index (χ3v) is 10.7. The molecule has 3 heteroatoms. The van der Waals surface area contributed by atoms with E-state index in [1.807, 2.05) is 18.2 Å². The van der Waals surface area contributed by atoms with Gasteiger partial charge in [-0.3, -0.25) is 0 Å². The highest BCUT2D eigenvalue weighted by Gasteiger charge is 2.32. The number of hydrogen-bond donors (Lipinski definition) is 0. The Balaban J connectivity index is 1.69. The summed E-state index contributed by atoms with van der Waals surface area (Å²) >= 11 is 0. The van der Waals surface area contributed by atoms with Gasteiger partial charge < -0.3 is 4.42 Å². The first-order valence-corrected chi connectivity index (χ1v) is 14.9. The van der Waals surface area contributed by atoms with Crippen molar-refractivity contribution in [1.29, 1.82) is 0 Å². The first-order valence-electron chi connectivity index (χ1n) is 12.7. The number of pyridine rings is 1. The Morgan fingerprint density at radius 1 is 0.879 bits per heavy atom. The van der Waals surface area contributed by atoms with Crippen LogP contribution < -0.4 is 9.75 Å². The van der Waals surface area contributed by atoms with Crippen molar-refractivity contribution in [3.63, 3.8) is 0 Å². The summed E-state index contributed by atoms with van der Waals surface area (Å²) in [7, 11) is 0.249. The number of rotatable bonds is 2. The van der Waals surface area contributed by atoms with Gasteiger partial charge in [0.1, 0.15) is 18.2 Å². The normalized spacial score (nSPS) is 17.6. The molecule has 0 aliphatic carbocycles. The van der Waals surface area contributed by atoms with Gasteiger partial charge in [0.25, 0.3) is 0 Å². The van der Waals surface area contributed by atoms with Gasteiger partial charge in [-0.1, -0.05) is 74.1 Å². The number of nitrogens with zero attached hydrogens (tertiary/aromatic N) is 1. The molecule has 0 spiro atoms. The summed E-state index contributed by atoms with van der Waals surface area (Å²) in [6, 6.07) is 24.1. The maximum Gasteiger partial charge on any atom is 0.216 e. The summed E-state index contributed by atoms with van der Waals surface area (Å²) in [5.41, 5.74) is 8.29. The van der Waals surface area contributed by atoms with E-state index in [2.05, 4.69) is 86.4 Å². The van der Waals surface area contributed by atoms with Crippen molar-refractivity contribution in [3.05, 3.63) is 84.1 Å². The fourth-order valence-corrected chi connectivity index (χ4v) is 8.41. The maximum atomic E-state index is 8.72. The van der Waals surface area contributed by atoms with Crippen molar-refractivity contribution in [3.8, 4) is 22.4 Å². The van der Waals surface area contributed by atoms with Gasteiger partial charge in [-0.05, 0) is 41.2 Å². The number of fused-ring (bicyclic) bond motifs is 4. The van der Waals surface area contributed by atoms with Gasteiger partial charge in [-0.25, -0.2) is 4.57 Å². The highest BCUT2D eigenvalue weighted by molar-refractivity contribution is 6.91. The molecule has 6 rings (SSSR count). The second kappa shape index (κ2) is 7.43. The first kappa shape index (κ1) is 18.3. The zero-order chi connectivity index (χ0) is 24.5. The quantitative estimate of drug-likeness (QED) is 0.211. The Morgan fingerprint density at radius 3 is 2.52 bits per heavy atom. The molecular formula is C30H30NOSi+. The van der Waals surface area contributed by atoms with Crippen LogP contribution in [0.25, 0.3) is 44.3 Å². The SMILES string of the molecule is [2H]C1([2H])CC[Si](C)(C)c2c(-c3cccc4c3oc3c(-c5cccc[n+]5C)c(C)ccc34)cccc21. The Morgan fingerprint density at radius 2 is 1.67 bits per heavy atom. The molecule has 0 amide bonds. The molecular weight excluding hydrogens is 418 g/mol. The monoisotopic (exact) mass is 450 g/mol. The number of furan rings is 1. The van der Waals surface area contributed by atoms with E-state index < -0.39 is 14.4 Å². The molecule has 1 aliphatic rings. The summed E-state index contributed by atoms with van der Waals surface area (Å²) in [5, 5.41) is 3.46. The van der Waals surface area contributed by atoms with Crippen LogP contribution >= 0.6 is 0 Å². The molecule has 0 atom stereocenters. The van der Waals surface area contributed by atoms with Crippen molar-refractivity contribution in [1.82, 2.24) is 0 Å². The number of benzene rings is 3. The largest absolute Gasteiger partial charge is 0.454 e. The van der Waals surface area contributed by atoms with Crippen molar-refractivity contribution in [2.75, 3.05) is 0 Å². The van der Waals surface area contributed by atoms with E-state index in [1.54, 1.807) is 0 Å². The molecule has 0 unspecified atom stereocenters. The molecule has 0 bridgehead atoms. The van der Waals surface area contributed by atoms with Gasteiger partial charge in [0.2, 0.25) is 5.69 Å². The Bertz CT molecular complexity index is 1630. The number of aromatic nitrogens is 1. The van der Waals surface area contributed by atoms with E-state index in [4.69, 9.17) is 7.16 Å². The summed E-state index contributed by atoms with van der Waals surface area (Å²) in [5.74, 6) is 0. The predicted octanol–water partition coefficient (Wildman–Crippen LogP) is 6.91. The van der Waals surface area contributed by atoms with E-state index in [0.717, 1.165) is 55.9 Å². The Kier molecular flexibility index (Phi) is 4.11. The highest BCUT2D eigenvalue weighted by Crippen LogP contribution is 2.41. The van der Waals surface area contributed by atoms with Gasteiger partial charge in [-0.15, -0.1) is 0 Å². The van der Waals surface area contributed by atoms with E-state index in [9.17, 15) is 0 Å². The average molecular weight is 451 g/mol. The van der Waals surface area contributed by atoms with E-state index in [0.29, 0.717) is 6.42 Å². The number of para-hydroxylation sites is 1. The fourth-order valence-electron chi connectivity index (χ4n) is 5.56. The molecule has 0 fully saturated rings. The lowest BCUT2D eigenvalue weighted by Crippen LogP contribution is -2.47.